The van der Waals surface area contributed by atoms with E-state index in [9.17, 15) is 0 Å². The summed E-state index contributed by atoms with van der Waals surface area (Å²) >= 11 is 0. The lowest BCUT2D eigenvalue weighted by molar-refractivity contribution is 0.834. The van der Waals surface area contributed by atoms with E-state index in [1.807, 2.05) is 0 Å². The fourth-order valence-corrected chi connectivity index (χ4v) is 6.89. The van der Waals surface area contributed by atoms with Crippen molar-refractivity contribution in [2.75, 3.05) is 4.90 Å². The Labute approximate surface area is 305 Å². The average molecular weight is 670 g/mol. The van der Waals surface area contributed by atoms with Gasteiger partial charge in [-0.25, -0.2) is 9.98 Å². The maximum absolute atomic E-state index is 5.82. The van der Waals surface area contributed by atoms with Crippen LogP contribution in [0.4, 0.5) is 17.1 Å². The van der Waals surface area contributed by atoms with Crippen LogP contribution >= 0.6 is 0 Å². The van der Waals surface area contributed by atoms with Crippen molar-refractivity contribution in [2.45, 2.75) is 79.1 Å². The van der Waals surface area contributed by atoms with Crippen LogP contribution in [0.15, 0.2) is 150 Å². The summed E-state index contributed by atoms with van der Waals surface area (Å²) in [4.78, 5) is 14.0. The second-order valence-corrected chi connectivity index (χ2v) is 14.6. The zero-order valence-electron chi connectivity index (χ0n) is 31.4. The first-order chi connectivity index (χ1) is 24.7. The predicted molar refractivity (Wildman–Crippen MR) is 221 cm³/mol. The van der Waals surface area contributed by atoms with Gasteiger partial charge in [0.1, 0.15) is 11.7 Å². The van der Waals surface area contributed by atoms with E-state index in [0.717, 1.165) is 50.6 Å². The first-order valence-corrected chi connectivity index (χ1v) is 18.5. The number of amidine groups is 2. The van der Waals surface area contributed by atoms with Crippen molar-refractivity contribution < 1.29 is 0 Å². The van der Waals surface area contributed by atoms with E-state index in [1.165, 1.54) is 22.3 Å². The van der Waals surface area contributed by atoms with Gasteiger partial charge in [-0.2, -0.15) is 0 Å². The monoisotopic (exact) mass is 669 g/mol. The summed E-state index contributed by atoms with van der Waals surface area (Å²) in [6.45, 7) is 18.1. The van der Waals surface area contributed by atoms with Crippen molar-refractivity contribution in [3.05, 3.63) is 173 Å². The lowest BCUT2D eigenvalue weighted by Gasteiger charge is -2.31. The molecule has 3 nitrogen and oxygen atoms in total. The molecule has 0 fully saturated rings. The van der Waals surface area contributed by atoms with Gasteiger partial charge in [0.05, 0.1) is 17.1 Å². The number of rotatable bonds is 9. The molecule has 3 heteroatoms. The summed E-state index contributed by atoms with van der Waals surface area (Å²) in [6.07, 6.45) is 0. The molecule has 0 radical (unpaired) electrons. The van der Waals surface area contributed by atoms with E-state index >= 15 is 0 Å². The third kappa shape index (κ3) is 7.59. The highest BCUT2D eigenvalue weighted by Crippen LogP contribution is 2.40. The Bertz CT molecular complexity index is 1980. The topological polar surface area (TPSA) is 28.0 Å². The molecule has 51 heavy (non-hydrogen) atoms. The molecule has 0 aliphatic heterocycles. The van der Waals surface area contributed by atoms with Crippen LogP contribution in [-0.4, -0.2) is 11.7 Å². The molecule has 6 rings (SSSR count). The second-order valence-electron chi connectivity index (χ2n) is 14.6. The van der Waals surface area contributed by atoms with E-state index < -0.39 is 0 Å². The standard InChI is InChI=1S/C48H51N3/c1-32(2)39-27-18-28-40(33(3)4)45(39)49-47(37-21-11-9-12-22-37)51(44-31-17-25-36-20-15-16-26-43(36)44)48(38-23-13-10-14-24-38)50-46-41(34(5)6)29-19-30-42(46)35(7)8/h9-35H,1-8H3. The smallest absolute Gasteiger partial charge is 0.146 e. The van der Waals surface area contributed by atoms with Crippen molar-refractivity contribution in [1.82, 2.24) is 0 Å². The van der Waals surface area contributed by atoms with Crippen molar-refractivity contribution in [3.63, 3.8) is 0 Å². The first-order valence-electron chi connectivity index (χ1n) is 18.5. The quantitative estimate of drug-likeness (QED) is 0.111. The first kappa shape index (κ1) is 35.5. The van der Waals surface area contributed by atoms with Gasteiger partial charge in [0, 0.05) is 16.5 Å². The Morgan fingerprint density at radius 3 is 1.16 bits per heavy atom. The molecule has 6 aromatic rings. The van der Waals surface area contributed by atoms with Gasteiger partial charge in [0.2, 0.25) is 0 Å². The van der Waals surface area contributed by atoms with Gasteiger partial charge < -0.3 is 0 Å². The molecule has 0 aliphatic carbocycles. The number of hydrogen-bond donors (Lipinski definition) is 0. The summed E-state index contributed by atoms with van der Waals surface area (Å²) in [5, 5.41) is 2.30. The zero-order chi connectivity index (χ0) is 36.1. The number of aliphatic imine (C=N–C) groups is 2. The Morgan fingerprint density at radius 2 is 0.745 bits per heavy atom. The number of benzene rings is 6. The molecule has 0 heterocycles. The fourth-order valence-electron chi connectivity index (χ4n) is 6.89. The minimum absolute atomic E-state index is 0.291. The van der Waals surface area contributed by atoms with Crippen molar-refractivity contribution in [1.29, 1.82) is 0 Å². The van der Waals surface area contributed by atoms with Gasteiger partial charge in [0.25, 0.3) is 0 Å². The van der Waals surface area contributed by atoms with Crippen LogP contribution in [0.3, 0.4) is 0 Å². The molecular weight excluding hydrogens is 619 g/mol. The number of anilines is 1. The van der Waals surface area contributed by atoms with Gasteiger partial charge >= 0.3 is 0 Å². The van der Waals surface area contributed by atoms with E-state index in [-0.39, 0.29) is 0 Å². The number of nitrogens with zero attached hydrogens (tertiary/aromatic N) is 3. The molecule has 258 valence electrons. The molecule has 0 atom stereocenters. The Kier molecular flexibility index (Phi) is 11.0. The molecule has 0 spiro atoms. The molecular formula is C48H51N3. The highest BCUT2D eigenvalue weighted by atomic mass is 15.2. The second kappa shape index (κ2) is 15.7. The Morgan fingerprint density at radius 1 is 0.392 bits per heavy atom. The summed E-state index contributed by atoms with van der Waals surface area (Å²) in [7, 11) is 0. The van der Waals surface area contributed by atoms with E-state index in [1.54, 1.807) is 0 Å². The van der Waals surface area contributed by atoms with Crippen LogP contribution in [-0.2, 0) is 0 Å². The lowest BCUT2D eigenvalue weighted by Crippen LogP contribution is -2.38. The van der Waals surface area contributed by atoms with E-state index in [0.29, 0.717) is 23.7 Å². The SMILES string of the molecule is CC(C)c1cccc(C(C)C)c1N=C(c1ccccc1)N(C(=Nc1c(C(C)C)cccc1C(C)C)c1ccccc1)c1cccc2ccccc12. The van der Waals surface area contributed by atoms with Gasteiger partial charge in [-0.15, -0.1) is 0 Å². The van der Waals surface area contributed by atoms with Crippen LogP contribution in [0.25, 0.3) is 10.8 Å². The molecule has 0 saturated heterocycles. The average Bonchev–Trinajstić information content (AvgIpc) is 3.14. The van der Waals surface area contributed by atoms with Crippen LogP contribution < -0.4 is 4.90 Å². The molecule has 0 bridgehead atoms. The van der Waals surface area contributed by atoms with Crippen LogP contribution in [0.1, 0.15) is 112 Å². The summed E-state index contributed by atoms with van der Waals surface area (Å²) in [5.41, 5.74) is 10.1. The minimum atomic E-state index is 0.291. The van der Waals surface area contributed by atoms with Gasteiger partial charge in [-0.3, -0.25) is 4.90 Å². The summed E-state index contributed by atoms with van der Waals surface area (Å²) < 4.78 is 0. The van der Waals surface area contributed by atoms with Crippen LogP contribution in [0.5, 0.6) is 0 Å². The third-order valence-corrected chi connectivity index (χ3v) is 9.62. The number of fused-ring (bicyclic) bond motifs is 1. The molecule has 0 saturated carbocycles. The minimum Gasteiger partial charge on any atom is -0.277 e. The van der Waals surface area contributed by atoms with Gasteiger partial charge in [-0.05, 0) is 57.4 Å². The number of para-hydroxylation sites is 2. The highest BCUT2D eigenvalue weighted by Gasteiger charge is 2.27. The zero-order valence-corrected chi connectivity index (χ0v) is 31.4. The largest absolute Gasteiger partial charge is 0.277 e. The van der Waals surface area contributed by atoms with Crippen molar-refractivity contribution >= 4 is 39.5 Å². The molecule has 0 unspecified atom stereocenters. The maximum Gasteiger partial charge on any atom is 0.146 e. The molecule has 0 N–H and O–H groups in total. The Hall–Kier alpha value is -5.28. The van der Waals surface area contributed by atoms with Crippen LogP contribution in [0, 0.1) is 0 Å². The van der Waals surface area contributed by atoms with Crippen LogP contribution in [0.2, 0.25) is 0 Å². The van der Waals surface area contributed by atoms with E-state index in [4.69, 9.17) is 9.98 Å². The molecule has 0 aromatic heterocycles. The Balaban J connectivity index is 1.82. The fraction of sp³-hybridized carbons (Fsp3) is 0.250. The van der Waals surface area contributed by atoms with Gasteiger partial charge in [-0.1, -0.05) is 189 Å². The molecule has 6 aromatic carbocycles. The summed E-state index contributed by atoms with van der Waals surface area (Å²) in [6, 6.07) is 49.8. The normalized spacial score (nSPS) is 12.5. The number of hydrogen-bond acceptors (Lipinski definition) is 2. The molecule has 0 amide bonds. The van der Waals surface area contributed by atoms with Gasteiger partial charge in [0.15, 0.2) is 0 Å². The predicted octanol–water partition coefficient (Wildman–Crippen LogP) is 13.7. The maximum atomic E-state index is 5.82. The highest BCUT2D eigenvalue weighted by molar-refractivity contribution is 6.32. The summed E-state index contributed by atoms with van der Waals surface area (Å²) in [5.74, 6) is 2.83. The molecule has 0 aliphatic rings. The van der Waals surface area contributed by atoms with Crippen molar-refractivity contribution in [2.24, 2.45) is 9.98 Å². The lowest BCUT2D eigenvalue weighted by atomic mass is 9.92. The third-order valence-electron chi connectivity index (χ3n) is 9.62. The van der Waals surface area contributed by atoms with E-state index in [2.05, 4.69) is 200 Å². The van der Waals surface area contributed by atoms with Crippen molar-refractivity contribution in [3.8, 4) is 0 Å².